The molecule has 0 radical (unpaired) electrons. The molecule has 0 atom stereocenters. The molecule has 0 saturated carbocycles. The van der Waals surface area contributed by atoms with Crippen molar-refractivity contribution in [2.45, 2.75) is 19.1 Å². The fraction of sp³-hybridized carbons (Fsp3) is 0.278. The molecule has 2 aromatic carbocycles. The van der Waals surface area contributed by atoms with Crippen LogP contribution in [-0.4, -0.2) is 18.8 Å². The van der Waals surface area contributed by atoms with Crippen LogP contribution in [0.15, 0.2) is 48.5 Å². The van der Waals surface area contributed by atoms with Crippen molar-refractivity contribution in [3.05, 3.63) is 65.2 Å². The third kappa shape index (κ3) is 5.94. The van der Waals surface area contributed by atoms with E-state index in [1.807, 2.05) is 24.3 Å². The smallest absolute Gasteiger partial charge is 0.416 e. The molecule has 0 aliphatic heterocycles. The number of hydrogen-bond donors (Lipinski definition) is 2. The van der Waals surface area contributed by atoms with Crippen LogP contribution >= 0.6 is 12.2 Å². The quantitative estimate of drug-likeness (QED) is 0.758. The molecule has 0 spiro atoms. The number of alkyl halides is 3. The monoisotopic (exact) mass is 368 g/mol. The second-order valence-corrected chi connectivity index (χ2v) is 5.78. The van der Waals surface area contributed by atoms with Crippen LogP contribution in [0.5, 0.6) is 5.75 Å². The van der Waals surface area contributed by atoms with Crippen molar-refractivity contribution >= 4 is 17.3 Å². The minimum atomic E-state index is -4.32. The van der Waals surface area contributed by atoms with E-state index in [0.717, 1.165) is 23.4 Å². The molecule has 0 bridgehead atoms. The zero-order valence-electron chi connectivity index (χ0n) is 13.7. The minimum absolute atomic E-state index is 0.442. The number of methoxy groups -OCH3 is 1. The average molecular weight is 368 g/mol. The molecule has 0 aromatic heterocycles. The molecule has 2 rings (SSSR count). The van der Waals surface area contributed by atoms with Crippen LogP contribution in [0.3, 0.4) is 0 Å². The summed E-state index contributed by atoms with van der Waals surface area (Å²) in [5.74, 6) is 0.766. The van der Waals surface area contributed by atoms with Crippen molar-refractivity contribution in [2.24, 2.45) is 0 Å². The Hall–Kier alpha value is -2.28. The fourth-order valence-corrected chi connectivity index (χ4v) is 2.48. The van der Waals surface area contributed by atoms with Crippen LogP contribution in [0.25, 0.3) is 0 Å². The van der Waals surface area contributed by atoms with E-state index in [4.69, 9.17) is 17.0 Å². The van der Waals surface area contributed by atoms with E-state index in [9.17, 15) is 13.2 Å². The summed E-state index contributed by atoms with van der Waals surface area (Å²) in [6.45, 7) is 0.943. The summed E-state index contributed by atoms with van der Waals surface area (Å²) in [5.41, 5.74) is 0.934. The summed E-state index contributed by atoms with van der Waals surface area (Å²) in [7, 11) is 1.60. The summed E-state index contributed by atoms with van der Waals surface area (Å²) in [5, 5.41) is 6.49. The third-order valence-corrected chi connectivity index (χ3v) is 3.87. The molecule has 0 amide bonds. The first kappa shape index (κ1) is 19.1. The van der Waals surface area contributed by atoms with E-state index >= 15 is 0 Å². The van der Waals surface area contributed by atoms with Gasteiger partial charge in [-0.1, -0.05) is 36.4 Å². The van der Waals surface area contributed by atoms with Crippen molar-refractivity contribution in [2.75, 3.05) is 13.7 Å². The fourth-order valence-electron chi connectivity index (χ4n) is 2.31. The van der Waals surface area contributed by atoms with Crippen molar-refractivity contribution < 1.29 is 17.9 Å². The summed E-state index contributed by atoms with van der Waals surface area (Å²) < 4.78 is 43.3. The van der Waals surface area contributed by atoms with Gasteiger partial charge in [-0.15, -0.1) is 0 Å². The van der Waals surface area contributed by atoms with Gasteiger partial charge in [-0.05, 0) is 36.3 Å². The number of thiocarbonyl (C=S) groups is 1. The molecule has 2 N–H and O–H groups in total. The molecule has 25 heavy (non-hydrogen) atoms. The third-order valence-electron chi connectivity index (χ3n) is 3.59. The van der Waals surface area contributed by atoms with Crippen LogP contribution in [0.4, 0.5) is 13.2 Å². The zero-order chi connectivity index (χ0) is 18.3. The molecule has 0 heterocycles. The Balaban J connectivity index is 1.79. The zero-order valence-corrected chi connectivity index (χ0v) is 14.5. The lowest BCUT2D eigenvalue weighted by Crippen LogP contribution is -2.36. The number of benzene rings is 2. The van der Waals surface area contributed by atoms with Crippen molar-refractivity contribution in [3.8, 4) is 5.75 Å². The Morgan fingerprint density at radius 3 is 2.56 bits per heavy atom. The topological polar surface area (TPSA) is 33.3 Å². The molecule has 0 saturated heterocycles. The van der Waals surface area contributed by atoms with Crippen molar-refractivity contribution in [1.29, 1.82) is 0 Å². The summed E-state index contributed by atoms with van der Waals surface area (Å²) in [6.07, 6.45) is -3.88. The van der Waals surface area contributed by atoms with E-state index < -0.39 is 11.7 Å². The number of ether oxygens (including phenoxy) is 1. The molecule has 0 aliphatic rings. The molecule has 134 valence electrons. The number of para-hydroxylation sites is 1. The average Bonchev–Trinajstić information content (AvgIpc) is 2.59. The van der Waals surface area contributed by atoms with Crippen LogP contribution in [-0.2, 0) is 19.1 Å². The van der Waals surface area contributed by atoms with Gasteiger partial charge in [-0.2, -0.15) is 13.2 Å². The molecule has 0 fully saturated rings. The highest BCUT2D eigenvalue weighted by molar-refractivity contribution is 7.80. The van der Waals surface area contributed by atoms with Gasteiger partial charge in [0.2, 0.25) is 0 Å². The molecule has 0 unspecified atom stereocenters. The summed E-state index contributed by atoms with van der Waals surface area (Å²) >= 11 is 5.19. The first-order valence-corrected chi connectivity index (χ1v) is 8.10. The van der Waals surface area contributed by atoms with E-state index in [0.29, 0.717) is 30.2 Å². The van der Waals surface area contributed by atoms with E-state index in [1.54, 1.807) is 13.2 Å². The molecular weight excluding hydrogens is 349 g/mol. The predicted molar refractivity (Wildman–Crippen MR) is 95.6 cm³/mol. The van der Waals surface area contributed by atoms with Gasteiger partial charge >= 0.3 is 6.18 Å². The normalized spacial score (nSPS) is 11.0. The maximum atomic E-state index is 12.7. The molecule has 7 heteroatoms. The molecule has 2 aromatic rings. The molecule has 0 aliphatic carbocycles. The maximum absolute atomic E-state index is 12.7. The van der Waals surface area contributed by atoms with Gasteiger partial charge in [-0.3, -0.25) is 0 Å². The van der Waals surface area contributed by atoms with Gasteiger partial charge in [-0.25, -0.2) is 0 Å². The van der Waals surface area contributed by atoms with E-state index in [-0.39, 0.29) is 0 Å². The van der Waals surface area contributed by atoms with Gasteiger partial charge < -0.3 is 15.4 Å². The lowest BCUT2D eigenvalue weighted by atomic mass is 10.1. The first-order chi connectivity index (χ1) is 11.9. The second kappa shape index (κ2) is 8.71. The Bertz CT molecular complexity index is 719. The lowest BCUT2D eigenvalue weighted by molar-refractivity contribution is -0.137. The summed E-state index contributed by atoms with van der Waals surface area (Å²) in [4.78, 5) is 0. The van der Waals surface area contributed by atoms with Crippen LogP contribution in [0.1, 0.15) is 16.7 Å². The highest BCUT2D eigenvalue weighted by Crippen LogP contribution is 2.29. The highest BCUT2D eigenvalue weighted by atomic mass is 32.1. The van der Waals surface area contributed by atoms with Crippen molar-refractivity contribution in [3.63, 3.8) is 0 Å². The SMILES string of the molecule is COc1ccccc1CNC(=S)NCCc1cccc(C(F)(F)F)c1. The minimum Gasteiger partial charge on any atom is -0.496 e. The second-order valence-electron chi connectivity index (χ2n) is 5.37. The predicted octanol–water partition coefficient (Wildman–Crippen LogP) is 3.92. The van der Waals surface area contributed by atoms with Crippen molar-refractivity contribution in [1.82, 2.24) is 10.6 Å². The van der Waals surface area contributed by atoms with Gasteiger partial charge in [0.15, 0.2) is 5.11 Å². The maximum Gasteiger partial charge on any atom is 0.416 e. The van der Waals surface area contributed by atoms with Crippen LogP contribution in [0, 0.1) is 0 Å². The lowest BCUT2D eigenvalue weighted by Gasteiger charge is -2.13. The van der Waals surface area contributed by atoms with Gasteiger partial charge in [0, 0.05) is 18.7 Å². The molecular formula is C18H19F3N2OS. The molecule has 3 nitrogen and oxygen atoms in total. The highest BCUT2D eigenvalue weighted by Gasteiger charge is 2.30. The Morgan fingerprint density at radius 1 is 1.08 bits per heavy atom. The van der Waals surface area contributed by atoms with Gasteiger partial charge in [0.25, 0.3) is 0 Å². The van der Waals surface area contributed by atoms with Gasteiger partial charge in [0.1, 0.15) is 5.75 Å². The van der Waals surface area contributed by atoms with E-state index in [2.05, 4.69) is 10.6 Å². The number of halogens is 3. The first-order valence-electron chi connectivity index (χ1n) is 7.70. The number of hydrogen-bond acceptors (Lipinski definition) is 2. The van der Waals surface area contributed by atoms with E-state index in [1.165, 1.54) is 6.07 Å². The summed E-state index contributed by atoms with van der Waals surface area (Å²) in [6, 6.07) is 12.9. The van der Waals surface area contributed by atoms with Crippen LogP contribution < -0.4 is 15.4 Å². The Morgan fingerprint density at radius 2 is 1.84 bits per heavy atom. The number of rotatable bonds is 6. The Labute approximate surface area is 150 Å². The standard InChI is InChI=1S/C18H19F3N2OS/c1-24-16-8-3-2-6-14(16)12-23-17(25)22-10-9-13-5-4-7-15(11-13)18(19,20)21/h2-8,11H,9-10,12H2,1H3,(H2,22,23,25). The number of nitrogens with one attached hydrogen (secondary N) is 2. The van der Waals surface area contributed by atoms with Crippen LogP contribution in [0.2, 0.25) is 0 Å². The largest absolute Gasteiger partial charge is 0.496 e. The van der Waals surface area contributed by atoms with Gasteiger partial charge in [0.05, 0.1) is 12.7 Å². The Kier molecular flexibility index (Phi) is 6.64.